The molecule has 0 atom stereocenters. The fourth-order valence-electron chi connectivity index (χ4n) is 2.29. The van der Waals surface area contributed by atoms with Crippen molar-refractivity contribution >= 4 is 34.0 Å². The van der Waals surface area contributed by atoms with Gasteiger partial charge in [-0.2, -0.15) is 5.26 Å². The van der Waals surface area contributed by atoms with E-state index in [1.165, 1.54) is 23.1 Å². The summed E-state index contributed by atoms with van der Waals surface area (Å²) in [4.78, 5) is 12.2. The first-order valence-corrected chi connectivity index (χ1v) is 9.49. The molecule has 7 nitrogen and oxygen atoms in total. The van der Waals surface area contributed by atoms with Gasteiger partial charge in [0.2, 0.25) is 5.91 Å². The maximum atomic E-state index is 12.2. The number of hydrogen-bond donors (Lipinski definition) is 1. The predicted molar refractivity (Wildman–Crippen MR) is 101 cm³/mol. The molecule has 0 aliphatic heterocycles. The first-order chi connectivity index (χ1) is 12.6. The van der Waals surface area contributed by atoms with E-state index in [1.54, 1.807) is 23.8 Å². The number of furan rings is 1. The second-order valence-corrected chi connectivity index (χ2v) is 7.07. The van der Waals surface area contributed by atoms with Gasteiger partial charge >= 0.3 is 0 Å². The van der Waals surface area contributed by atoms with Crippen LogP contribution in [0.3, 0.4) is 0 Å². The highest BCUT2D eigenvalue weighted by Crippen LogP contribution is 2.27. The summed E-state index contributed by atoms with van der Waals surface area (Å²) < 4.78 is 7.22. The molecule has 0 bridgehead atoms. The standard InChI is InChI=1S/C17H15N5O2S2/c1-3-6-22-15(13-4-7-24-11(13)2)20-21-17(22)26-10-14(23)19-16-12(9-18)5-8-25-16/h3-5,7-8H,1,6,10H2,2H3,(H,19,23). The Hall–Kier alpha value is -2.83. The number of nitrogens with zero attached hydrogens (tertiary/aromatic N) is 4. The van der Waals surface area contributed by atoms with Gasteiger partial charge in [-0.15, -0.1) is 28.1 Å². The molecular weight excluding hydrogens is 370 g/mol. The predicted octanol–water partition coefficient (Wildman–Crippen LogP) is 3.70. The van der Waals surface area contributed by atoms with Gasteiger partial charge in [-0.05, 0) is 24.4 Å². The maximum absolute atomic E-state index is 12.2. The van der Waals surface area contributed by atoms with E-state index < -0.39 is 0 Å². The average Bonchev–Trinajstić information content (AvgIpc) is 3.34. The highest BCUT2D eigenvalue weighted by Gasteiger charge is 2.18. The number of thiophene rings is 1. The van der Waals surface area contributed by atoms with Gasteiger partial charge in [0.15, 0.2) is 11.0 Å². The summed E-state index contributed by atoms with van der Waals surface area (Å²) in [5, 5.41) is 23.1. The average molecular weight is 385 g/mol. The lowest BCUT2D eigenvalue weighted by atomic mass is 10.2. The molecule has 0 fully saturated rings. The molecule has 3 aromatic rings. The highest BCUT2D eigenvalue weighted by atomic mass is 32.2. The number of aryl methyl sites for hydroxylation is 1. The molecular formula is C17H15N5O2S2. The van der Waals surface area contributed by atoms with Crippen LogP contribution in [0.4, 0.5) is 5.00 Å². The summed E-state index contributed by atoms with van der Waals surface area (Å²) in [6.45, 7) is 6.14. The molecule has 1 N–H and O–H groups in total. The second-order valence-electron chi connectivity index (χ2n) is 5.21. The van der Waals surface area contributed by atoms with Crippen molar-refractivity contribution in [1.29, 1.82) is 5.26 Å². The summed E-state index contributed by atoms with van der Waals surface area (Å²) >= 11 is 2.59. The van der Waals surface area contributed by atoms with E-state index in [0.29, 0.717) is 28.1 Å². The maximum Gasteiger partial charge on any atom is 0.235 e. The van der Waals surface area contributed by atoms with Crippen LogP contribution in [-0.4, -0.2) is 26.4 Å². The van der Waals surface area contributed by atoms with Crippen molar-refractivity contribution in [2.24, 2.45) is 0 Å². The minimum atomic E-state index is -0.205. The lowest BCUT2D eigenvalue weighted by Gasteiger charge is -2.07. The lowest BCUT2D eigenvalue weighted by Crippen LogP contribution is -2.14. The van der Waals surface area contributed by atoms with E-state index in [9.17, 15) is 4.79 Å². The fourth-order valence-corrected chi connectivity index (χ4v) is 3.79. The quantitative estimate of drug-likeness (QED) is 0.492. The van der Waals surface area contributed by atoms with Gasteiger partial charge in [0, 0.05) is 6.54 Å². The third-order valence-electron chi connectivity index (χ3n) is 3.50. The molecule has 132 valence electrons. The van der Waals surface area contributed by atoms with E-state index in [-0.39, 0.29) is 11.7 Å². The van der Waals surface area contributed by atoms with Crippen LogP contribution in [0.1, 0.15) is 11.3 Å². The normalized spacial score (nSPS) is 10.5. The molecule has 0 aliphatic carbocycles. The first-order valence-electron chi connectivity index (χ1n) is 7.62. The van der Waals surface area contributed by atoms with Crippen LogP contribution in [0.25, 0.3) is 11.4 Å². The number of aromatic nitrogens is 3. The molecule has 9 heteroatoms. The molecule has 0 radical (unpaired) electrons. The third kappa shape index (κ3) is 3.71. The van der Waals surface area contributed by atoms with Gasteiger partial charge in [0.05, 0.1) is 23.1 Å². The zero-order valence-electron chi connectivity index (χ0n) is 13.9. The summed E-state index contributed by atoms with van der Waals surface area (Å²) in [5.74, 6) is 1.37. The molecule has 26 heavy (non-hydrogen) atoms. The van der Waals surface area contributed by atoms with Crippen molar-refractivity contribution in [3.63, 3.8) is 0 Å². The van der Waals surface area contributed by atoms with Crippen molar-refractivity contribution in [2.75, 3.05) is 11.1 Å². The highest BCUT2D eigenvalue weighted by molar-refractivity contribution is 7.99. The van der Waals surface area contributed by atoms with Crippen LogP contribution in [0, 0.1) is 18.3 Å². The number of carbonyl (C=O) groups excluding carboxylic acids is 1. The number of amides is 1. The number of hydrogen-bond acceptors (Lipinski definition) is 7. The molecule has 0 aliphatic rings. The second kappa shape index (κ2) is 8.03. The monoisotopic (exact) mass is 385 g/mol. The topological polar surface area (TPSA) is 96.7 Å². The van der Waals surface area contributed by atoms with Crippen molar-refractivity contribution < 1.29 is 9.21 Å². The Morgan fingerprint density at radius 3 is 3.08 bits per heavy atom. The van der Waals surface area contributed by atoms with Gasteiger partial charge < -0.3 is 9.73 Å². The van der Waals surface area contributed by atoms with Crippen LogP contribution in [0.2, 0.25) is 0 Å². The number of carbonyl (C=O) groups is 1. The van der Waals surface area contributed by atoms with Crippen molar-refractivity contribution in [3.05, 3.63) is 47.8 Å². The van der Waals surface area contributed by atoms with Crippen molar-refractivity contribution in [2.45, 2.75) is 18.6 Å². The van der Waals surface area contributed by atoms with E-state index >= 15 is 0 Å². The third-order valence-corrected chi connectivity index (χ3v) is 5.30. The molecule has 0 spiro atoms. The molecule has 3 heterocycles. The Labute approximate surface area is 158 Å². The zero-order valence-corrected chi connectivity index (χ0v) is 15.6. The van der Waals surface area contributed by atoms with Crippen molar-refractivity contribution in [1.82, 2.24) is 14.8 Å². The van der Waals surface area contributed by atoms with Crippen LogP contribution < -0.4 is 5.32 Å². The number of rotatable bonds is 7. The molecule has 0 unspecified atom stereocenters. The molecule has 3 rings (SSSR count). The first kappa shape index (κ1) is 18.0. The van der Waals surface area contributed by atoms with E-state index in [1.807, 2.05) is 23.6 Å². The largest absolute Gasteiger partial charge is 0.469 e. The molecule has 1 amide bonds. The molecule has 3 aromatic heterocycles. The minimum absolute atomic E-state index is 0.155. The molecule has 0 saturated carbocycles. The van der Waals surface area contributed by atoms with Gasteiger partial charge in [-0.1, -0.05) is 17.8 Å². The van der Waals surface area contributed by atoms with Crippen LogP contribution in [0.15, 0.2) is 46.0 Å². The van der Waals surface area contributed by atoms with E-state index in [2.05, 4.69) is 22.1 Å². The number of nitrogens with one attached hydrogen (secondary N) is 1. The Bertz CT molecular complexity index is 980. The molecule has 0 aromatic carbocycles. The van der Waals surface area contributed by atoms with Crippen LogP contribution >= 0.6 is 23.1 Å². The van der Waals surface area contributed by atoms with Crippen LogP contribution in [-0.2, 0) is 11.3 Å². The fraction of sp³-hybridized carbons (Fsp3) is 0.176. The number of thioether (sulfide) groups is 1. The number of anilines is 1. The zero-order chi connectivity index (χ0) is 18.5. The Morgan fingerprint density at radius 2 is 2.38 bits per heavy atom. The molecule has 0 saturated heterocycles. The summed E-state index contributed by atoms with van der Waals surface area (Å²) in [5.41, 5.74) is 1.31. The number of nitriles is 1. The SMILES string of the molecule is C=CCn1c(SCC(=O)Nc2sccc2C#N)nnc1-c1ccoc1C. The Balaban J connectivity index is 1.73. The lowest BCUT2D eigenvalue weighted by molar-refractivity contribution is -0.113. The Morgan fingerprint density at radius 1 is 1.54 bits per heavy atom. The van der Waals surface area contributed by atoms with Gasteiger partial charge in [-0.25, -0.2) is 0 Å². The number of allylic oxidation sites excluding steroid dienone is 1. The van der Waals surface area contributed by atoms with Crippen LogP contribution in [0.5, 0.6) is 0 Å². The van der Waals surface area contributed by atoms with E-state index in [0.717, 1.165) is 11.3 Å². The smallest absolute Gasteiger partial charge is 0.235 e. The van der Waals surface area contributed by atoms with Crippen molar-refractivity contribution in [3.8, 4) is 17.5 Å². The van der Waals surface area contributed by atoms with Gasteiger partial charge in [0.1, 0.15) is 16.8 Å². The van der Waals surface area contributed by atoms with Gasteiger partial charge in [0.25, 0.3) is 0 Å². The summed E-state index contributed by atoms with van der Waals surface area (Å²) in [6.07, 6.45) is 3.35. The Kier molecular flexibility index (Phi) is 5.55. The summed E-state index contributed by atoms with van der Waals surface area (Å²) in [7, 11) is 0. The van der Waals surface area contributed by atoms with Gasteiger partial charge in [-0.3, -0.25) is 9.36 Å². The summed E-state index contributed by atoms with van der Waals surface area (Å²) in [6, 6.07) is 5.56. The minimum Gasteiger partial charge on any atom is -0.469 e. The van der Waals surface area contributed by atoms with E-state index in [4.69, 9.17) is 9.68 Å².